The molecule has 2 fully saturated rings. The largest absolute Gasteiger partial charge is 0.339 e. The summed E-state index contributed by atoms with van der Waals surface area (Å²) in [5.74, 6) is 0.278. The van der Waals surface area contributed by atoms with Crippen molar-refractivity contribution >= 4 is 17.8 Å². The number of likely N-dealkylation sites (tertiary alicyclic amines) is 1. The van der Waals surface area contributed by atoms with Crippen molar-refractivity contribution in [2.75, 3.05) is 13.1 Å². The maximum Gasteiger partial charge on any atom is 0.322 e. The van der Waals surface area contributed by atoms with Crippen LogP contribution in [0.15, 0.2) is 31.0 Å². The highest BCUT2D eigenvalue weighted by Crippen LogP contribution is 2.33. The van der Waals surface area contributed by atoms with Gasteiger partial charge in [0.2, 0.25) is 0 Å². The van der Waals surface area contributed by atoms with E-state index in [0.29, 0.717) is 43.7 Å². The third kappa shape index (κ3) is 3.00. The summed E-state index contributed by atoms with van der Waals surface area (Å²) in [6.07, 6.45) is 6.45. The highest BCUT2D eigenvalue weighted by molar-refractivity contribution is 6.07. The number of rotatable bonds is 4. The predicted molar refractivity (Wildman–Crippen MR) is 97.5 cm³/mol. The van der Waals surface area contributed by atoms with Crippen LogP contribution in [0.3, 0.4) is 0 Å². The van der Waals surface area contributed by atoms with E-state index in [1.807, 2.05) is 6.92 Å². The summed E-state index contributed by atoms with van der Waals surface area (Å²) in [7, 11) is 0. The molecule has 1 unspecified atom stereocenters. The Bertz CT molecular complexity index is 888. The molecule has 2 aliphatic rings. The number of urea groups is 1. The molecule has 10 heteroatoms. The zero-order chi connectivity index (χ0) is 19.7. The van der Waals surface area contributed by atoms with Crippen molar-refractivity contribution in [3.63, 3.8) is 0 Å². The van der Waals surface area contributed by atoms with Gasteiger partial charge in [-0.2, -0.15) is 0 Å². The lowest BCUT2D eigenvalue weighted by atomic mass is 9.76. The van der Waals surface area contributed by atoms with E-state index in [0.717, 1.165) is 0 Å². The standard InChI is InChI=1S/C18H21N7O3/c1-2-18(16(27)22-17(28)23-18)13-5-7-24(8-6-13)15(26)12-3-4-14(19-9-12)25-10-20-21-11-25/h3-4,9-11,13H,2,5-8H2,1H3,(H2,22,23,27,28). The van der Waals surface area contributed by atoms with Gasteiger partial charge in [0.15, 0.2) is 0 Å². The zero-order valence-corrected chi connectivity index (χ0v) is 15.5. The van der Waals surface area contributed by atoms with E-state index in [-0.39, 0.29) is 17.7 Å². The number of carbonyl (C=O) groups excluding carboxylic acids is 3. The molecule has 2 saturated heterocycles. The van der Waals surface area contributed by atoms with Crippen LogP contribution < -0.4 is 10.6 Å². The average molecular weight is 383 g/mol. The van der Waals surface area contributed by atoms with Crippen LogP contribution in [0, 0.1) is 5.92 Å². The van der Waals surface area contributed by atoms with Crippen molar-refractivity contribution in [2.24, 2.45) is 5.92 Å². The number of carbonyl (C=O) groups is 3. The molecule has 2 N–H and O–H groups in total. The van der Waals surface area contributed by atoms with Crippen LogP contribution in [-0.4, -0.2) is 61.1 Å². The highest BCUT2D eigenvalue weighted by Gasteiger charge is 2.51. The van der Waals surface area contributed by atoms with Crippen LogP contribution in [0.2, 0.25) is 0 Å². The Morgan fingerprint density at radius 1 is 1.21 bits per heavy atom. The van der Waals surface area contributed by atoms with E-state index in [4.69, 9.17) is 0 Å². The van der Waals surface area contributed by atoms with Crippen molar-refractivity contribution < 1.29 is 14.4 Å². The molecule has 1 atom stereocenters. The van der Waals surface area contributed by atoms with Gasteiger partial charge in [-0.15, -0.1) is 10.2 Å². The molecule has 2 aliphatic heterocycles. The van der Waals surface area contributed by atoms with Crippen molar-refractivity contribution in [3.05, 3.63) is 36.5 Å². The minimum absolute atomic E-state index is 0.00208. The number of hydrogen-bond donors (Lipinski definition) is 2. The fourth-order valence-electron chi connectivity index (χ4n) is 4.07. The first-order valence-electron chi connectivity index (χ1n) is 9.27. The zero-order valence-electron chi connectivity index (χ0n) is 15.5. The quantitative estimate of drug-likeness (QED) is 0.742. The summed E-state index contributed by atoms with van der Waals surface area (Å²) in [5.41, 5.74) is -0.360. The number of nitrogens with one attached hydrogen (secondary N) is 2. The average Bonchev–Trinajstić information content (AvgIpc) is 3.36. The van der Waals surface area contributed by atoms with Gasteiger partial charge in [0.05, 0.1) is 5.56 Å². The highest BCUT2D eigenvalue weighted by atomic mass is 16.2. The Morgan fingerprint density at radius 3 is 2.46 bits per heavy atom. The van der Waals surface area contributed by atoms with E-state index < -0.39 is 11.6 Å². The van der Waals surface area contributed by atoms with Gasteiger partial charge >= 0.3 is 6.03 Å². The molecule has 146 valence electrons. The molecule has 2 aromatic heterocycles. The third-order valence-corrected chi connectivity index (χ3v) is 5.68. The lowest BCUT2D eigenvalue weighted by Crippen LogP contribution is -2.56. The molecule has 10 nitrogen and oxygen atoms in total. The van der Waals surface area contributed by atoms with Crippen molar-refractivity contribution in [3.8, 4) is 5.82 Å². The van der Waals surface area contributed by atoms with Crippen molar-refractivity contribution in [1.82, 2.24) is 35.3 Å². The molecular formula is C18H21N7O3. The van der Waals surface area contributed by atoms with Crippen molar-refractivity contribution in [2.45, 2.75) is 31.7 Å². The predicted octanol–water partition coefficient (Wildman–Crippen LogP) is 0.503. The van der Waals surface area contributed by atoms with Crippen LogP contribution in [0.5, 0.6) is 0 Å². The van der Waals surface area contributed by atoms with Crippen LogP contribution >= 0.6 is 0 Å². The van der Waals surface area contributed by atoms with Gasteiger partial charge in [0, 0.05) is 19.3 Å². The second kappa shape index (κ2) is 7.02. The Balaban J connectivity index is 1.41. The Hall–Kier alpha value is -3.30. The second-order valence-corrected chi connectivity index (χ2v) is 7.07. The molecule has 4 amide bonds. The van der Waals surface area contributed by atoms with Crippen molar-refractivity contribution in [1.29, 1.82) is 0 Å². The summed E-state index contributed by atoms with van der Waals surface area (Å²) in [5, 5.41) is 12.6. The van der Waals surface area contributed by atoms with Crippen LogP contribution in [0.25, 0.3) is 5.82 Å². The van der Waals surface area contributed by atoms with E-state index in [1.165, 1.54) is 12.7 Å². The molecule has 28 heavy (non-hydrogen) atoms. The monoisotopic (exact) mass is 383 g/mol. The van der Waals surface area contributed by atoms with Gasteiger partial charge in [-0.05, 0) is 37.3 Å². The smallest absolute Gasteiger partial charge is 0.322 e. The van der Waals surface area contributed by atoms with E-state index >= 15 is 0 Å². The molecule has 0 aromatic carbocycles. The number of aromatic nitrogens is 4. The van der Waals surface area contributed by atoms with E-state index in [9.17, 15) is 14.4 Å². The first-order chi connectivity index (χ1) is 13.5. The summed E-state index contributed by atoms with van der Waals surface area (Å²) in [6.45, 7) is 2.95. The first-order valence-corrected chi connectivity index (χ1v) is 9.27. The summed E-state index contributed by atoms with van der Waals surface area (Å²) >= 11 is 0. The first kappa shape index (κ1) is 18.1. The molecular weight excluding hydrogens is 362 g/mol. The Morgan fingerprint density at radius 2 is 1.93 bits per heavy atom. The van der Waals surface area contributed by atoms with Gasteiger partial charge < -0.3 is 10.2 Å². The number of amides is 4. The Kier molecular flexibility index (Phi) is 4.54. The number of piperidine rings is 1. The lowest BCUT2D eigenvalue weighted by Gasteiger charge is -2.40. The summed E-state index contributed by atoms with van der Waals surface area (Å²) in [6, 6.07) is 3.03. The molecule has 0 spiro atoms. The fraction of sp³-hybridized carbons (Fsp3) is 0.444. The molecule has 0 radical (unpaired) electrons. The van der Waals surface area contributed by atoms with Gasteiger partial charge in [-0.1, -0.05) is 6.92 Å². The van der Waals surface area contributed by atoms with Crippen LogP contribution in [0.4, 0.5) is 4.79 Å². The normalized spacial score (nSPS) is 22.8. The number of pyridine rings is 1. The topological polar surface area (TPSA) is 122 Å². The third-order valence-electron chi connectivity index (χ3n) is 5.68. The second-order valence-electron chi connectivity index (χ2n) is 7.07. The molecule has 2 aromatic rings. The molecule has 0 saturated carbocycles. The maximum absolute atomic E-state index is 12.8. The summed E-state index contributed by atoms with van der Waals surface area (Å²) in [4.78, 5) is 42.8. The number of hydrogen-bond acceptors (Lipinski definition) is 6. The van der Waals surface area contributed by atoms with Crippen LogP contribution in [-0.2, 0) is 4.79 Å². The maximum atomic E-state index is 12.8. The molecule has 0 bridgehead atoms. The fourth-order valence-corrected chi connectivity index (χ4v) is 4.07. The Labute approximate surface area is 161 Å². The summed E-state index contributed by atoms with van der Waals surface area (Å²) < 4.78 is 1.66. The van der Waals surface area contributed by atoms with Gasteiger partial charge in [-0.3, -0.25) is 19.5 Å². The van der Waals surface area contributed by atoms with E-state index in [1.54, 1.807) is 27.8 Å². The van der Waals surface area contributed by atoms with E-state index in [2.05, 4.69) is 25.8 Å². The number of imide groups is 1. The van der Waals surface area contributed by atoms with Gasteiger partial charge in [0.25, 0.3) is 11.8 Å². The SMILES string of the molecule is CCC1(C2CCN(C(=O)c3ccc(-n4cnnc4)nc3)CC2)NC(=O)NC1=O. The molecule has 4 rings (SSSR count). The van der Waals surface area contributed by atoms with Crippen LogP contribution in [0.1, 0.15) is 36.5 Å². The van der Waals surface area contributed by atoms with Gasteiger partial charge in [0.1, 0.15) is 24.0 Å². The van der Waals surface area contributed by atoms with Gasteiger partial charge in [-0.25, -0.2) is 9.78 Å². The molecule has 0 aliphatic carbocycles. The molecule has 4 heterocycles. The minimum Gasteiger partial charge on any atom is -0.339 e. The minimum atomic E-state index is -0.867. The number of nitrogens with zero attached hydrogens (tertiary/aromatic N) is 5. The lowest BCUT2D eigenvalue weighted by molar-refractivity contribution is -0.126.